The first kappa shape index (κ1) is 13.3. The van der Waals surface area contributed by atoms with E-state index in [1.54, 1.807) is 0 Å². The molecule has 0 saturated heterocycles. The zero-order valence-electron chi connectivity index (χ0n) is 10.8. The molecule has 0 amide bonds. The second-order valence-corrected chi connectivity index (χ2v) is 4.48. The number of nitrogens with one attached hydrogen (secondary N) is 1. The molecule has 0 heterocycles. The number of rotatable bonds is 5. The zero-order chi connectivity index (χ0) is 13.7. The van der Waals surface area contributed by atoms with E-state index in [0.717, 1.165) is 11.1 Å². The number of hydrogen-bond acceptors (Lipinski definition) is 2. The molecule has 2 rings (SSSR count). The molecule has 3 nitrogen and oxygen atoms in total. The van der Waals surface area contributed by atoms with E-state index in [0.29, 0.717) is 0 Å². The van der Waals surface area contributed by atoms with Gasteiger partial charge >= 0.3 is 5.97 Å². The van der Waals surface area contributed by atoms with Crippen LogP contribution in [0.4, 0.5) is 0 Å². The van der Waals surface area contributed by atoms with Gasteiger partial charge in [0.1, 0.15) is 6.04 Å². The highest BCUT2D eigenvalue weighted by Gasteiger charge is 2.21. The minimum Gasteiger partial charge on any atom is -0.480 e. The Bertz CT molecular complexity index is 525. The molecular weight excluding hydrogens is 238 g/mol. The van der Waals surface area contributed by atoms with Crippen LogP contribution >= 0.6 is 0 Å². The lowest BCUT2D eigenvalue weighted by molar-refractivity contribution is -0.139. The van der Waals surface area contributed by atoms with Crippen molar-refractivity contribution in [1.82, 2.24) is 5.32 Å². The Morgan fingerprint density at radius 2 is 1.42 bits per heavy atom. The predicted molar refractivity (Wildman–Crippen MR) is 74.8 cm³/mol. The first-order valence-corrected chi connectivity index (χ1v) is 6.27. The summed E-state index contributed by atoms with van der Waals surface area (Å²) in [7, 11) is 0. The number of carboxylic acids is 1. The van der Waals surface area contributed by atoms with Crippen LogP contribution in [0.2, 0.25) is 0 Å². The van der Waals surface area contributed by atoms with Crippen molar-refractivity contribution in [2.24, 2.45) is 0 Å². The fourth-order valence-electron chi connectivity index (χ4n) is 2.04. The van der Waals surface area contributed by atoms with E-state index in [-0.39, 0.29) is 6.04 Å². The van der Waals surface area contributed by atoms with E-state index in [4.69, 9.17) is 0 Å². The Balaban J connectivity index is 2.16. The van der Waals surface area contributed by atoms with Gasteiger partial charge < -0.3 is 5.11 Å². The molecule has 0 aliphatic rings. The third kappa shape index (κ3) is 3.42. The van der Waals surface area contributed by atoms with Crippen LogP contribution < -0.4 is 5.32 Å². The average molecular weight is 255 g/mol. The smallest absolute Gasteiger partial charge is 0.325 e. The molecule has 0 saturated carbocycles. The second-order valence-electron chi connectivity index (χ2n) is 4.48. The van der Waals surface area contributed by atoms with E-state index in [1.807, 2.05) is 67.6 Å². The van der Waals surface area contributed by atoms with Crippen molar-refractivity contribution in [2.75, 3.05) is 0 Å². The topological polar surface area (TPSA) is 49.3 Å². The van der Waals surface area contributed by atoms with E-state index < -0.39 is 12.0 Å². The molecule has 0 fully saturated rings. The average Bonchev–Trinajstić information content (AvgIpc) is 2.46. The van der Waals surface area contributed by atoms with Crippen LogP contribution in [0.3, 0.4) is 0 Å². The van der Waals surface area contributed by atoms with E-state index >= 15 is 0 Å². The van der Waals surface area contributed by atoms with Crippen molar-refractivity contribution in [3.8, 4) is 0 Å². The third-order valence-corrected chi connectivity index (χ3v) is 3.10. The molecule has 0 aromatic heterocycles. The summed E-state index contributed by atoms with van der Waals surface area (Å²) in [6.45, 7) is 1.97. The zero-order valence-corrected chi connectivity index (χ0v) is 10.8. The summed E-state index contributed by atoms with van der Waals surface area (Å²) >= 11 is 0. The van der Waals surface area contributed by atoms with Gasteiger partial charge in [-0.3, -0.25) is 10.1 Å². The molecule has 0 spiro atoms. The Kier molecular flexibility index (Phi) is 4.31. The highest BCUT2D eigenvalue weighted by molar-refractivity contribution is 5.75. The maximum absolute atomic E-state index is 11.4. The summed E-state index contributed by atoms with van der Waals surface area (Å²) in [5, 5.41) is 12.5. The SMILES string of the molecule is CC(NC(C(=O)O)c1ccccc1)c1ccccc1. The predicted octanol–water partition coefficient (Wildman–Crippen LogP) is 3.16. The van der Waals surface area contributed by atoms with Crippen LogP contribution in [0.1, 0.15) is 30.1 Å². The Labute approximate surface area is 112 Å². The molecule has 3 heteroatoms. The number of benzene rings is 2. The van der Waals surface area contributed by atoms with Crippen LogP contribution in [-0.2, 0) is 4.79 Å². The monoisotopic (exact) mass is 255 g/mol. The fraction of sp³-hybridized carbons (Fsp3) is 0.188. The standard InChI is InChI=1S/C16H17NO2/c1-12(13-8-4-2-5-9-13)17-15(16(18)19)14-10-6-3-7-11-14/h2-12,15,17H,1H3,(H,18,19). The maximum atomic E-state index is 11.4. The largest absolute Gasteiger partial charge is 0.480 e. The van der Waals surface area contributed by atoms with Crippen LogP contribution in [-0.4, -0.2) is 11.1 Å². The first-order valence-electron chi connectivity index (χ1n) is 6.27. The summed E-state index contributed by atoms with van der Waals surface area (Å²) in [4.78, 5) is 11.4. The molecule has 0 bridgehead atoms. The van der Waals surface area contributed by atoms with Crippen molar-refractivity contribution >= 4 is 5.97 Å². The van der Waals surface area contributed by atoms with Gasteiger partial charge in [0.2, 0.25) is 0 Å². The van der Waals surface area contributed by atoms with Crippen molar-refractivity contribution in [2.45, 2.75) is 19.0 Å². The second kappa shape index (κ2) is 6.16. The van der Waals surface area contributed by atoms with Gasteiger partial charge in [-0.25, -0.2) is 0 Å². The minimum atomic E-state index is -0.867. The highest BCUT2D eigenvalue weighted by Crippen LogP contribution is 2.19. The lowest BCUT2D eigenvalue weighted by atomic mass is 10.0. The van der Waals surface area contributed by atoms with E-state index in [2.05, 4.69) is 5.32 Å². The van der Waals surface area contributed by atoms with Crippen LogP contribution in [0.15, 0.2) is 60.7 Å². The van der Waals surface area contributed by atoms with Crippen molar-refractivity contribution in [1.29, 1.82) is 0 Å². The lowest BCUT2D eigenvalue weighted by Gasteiger charge is -2.20. The van der Waals surface area contributed by atoms with Gasteiger partial charge in [0.05, 0.1) is 0 Å². The summed E-state index contributed by atoms with van der Waals surface area (Å²) in [5.41, 5.74) is 1.84. The van der Waals surface area contributed by atoms with E-state index in [9.17, 15) is 9.90 Å². The fourth-order valence-corrected chi connectivity index (χ4v) is 2.04. The van der Waals surface area contributed by atoms with Crippen molar-refractivity contribution < 1.29 is 9.90 Å². The Morgan fingerprint density at radius 3 is 1.89 bits per heavy atom. The van der Waals surface area contributed by atoms with Crippen LogP contribution in [0.25, 0.3) is 0 Å². The van der Waals surface area contributed by atoms with Crippen LogP contribution in [0, 0.1) is 0 Å². The minimum absolute atomic E-state index is 0.0255. The van der Waals surface area contributed by atoms with Gasteiger partial charge in [0.25, 0.3) is 0 Å². The van der Waals surface area contributed by atoms with Crippen LogP contribution in [0.5, 0.6) is 0 Å². The van der Waals surface area contributed by atoms with Gasteiger partial charge in [-0.15, -0.1) is 0 Å². The van der Waals surface area contributed by atoms with Crippen molar-refractivity contribution in [3.63, 3.8) is 0 Å². The normalized spacial score (nSPS) is 13.7. The van der Waals surface area contributed by atoms with Crippen molar-refractivity contribution in [3.05, 3.63) is 71.8 Å². The van der Waals surface area contributed by atoms with E-state index in [1.165, 1.54) is 0 Å². The number of carboxylic acid groups (broad SMARTS) is 1. The molecule has 2 atom stereocenters. The third-order valence-electron chi connectivity index (χ3n) is 3.10. The quantitative estimate of drug-likeness (QED) is 0.862. The highest BCUT2D eigenvalue weighted by atomic mass is 16.4. The maximum Gasteiger partial charge on any atom is 0.325 e. The molecule has 19 heavy (non-hydrogen) atoms. The molecule has 0 aliphatic heterocycles. The number of carbonyl (C=O) groups is 1. The summed E-state index contributed by atoms with van der Waals surface area (Å²) in [6, 6.07) is 18.3. The van der Waals surface area contributed by atoms with Gasteiger partial charge in [-0.2, -0.15) is 0 Å². The molecule has 98 valence electrons. The molecule has 2 aromatic carbocycles. The summed E-state index contributed by atoms with van der Waals surface area (Å²) < 4.78 is 0. The molecule has 0 radical (unpaired) electrons. The van der Waals surface area contributed by atoms with Gasteiger partial charge in [0, 0.05) is 6.04 Å². The molecule has 0 aliphatic carbocycles. The van der Waals surface area contributed by atoms with Gasteiger partial charge in [-0.1, -0.05) is 60.7 Å². The molecular formula is C16H17NO2. The lowest BCUT2D eigenvalue weighted by Crippen LogP contribution is -2.30. The molecule has 2 N–H and O–H groups in total. The number of hydrogen-bond donors (Lipinski definition) is 2. The Morgan fingerprint density at radius 1 is 0.947 bits per heavy atom. The summed E-state index contributed by atoms with van der Waals surface area (Å²) in [6.07, 6.45) is 0. The molecule has 2 aromatic rings. The first-order chi connectivity index (χ1) is 9.18. The van der Waals surface area contributed by atoms with Gasteiger partial charge in [-0.05, 0) is 18.1 Å². The number of aliphatic carboxylic acids is 1. The van der Waals surface area contributed by atoms with Gasteiger partial charge in [0.15, 0.2) is 0 Å². The molecule has 2 unspecified atom stereocenters. The Hall–Kier alpha value is -2.13. The summed E-state index contributed by atoms with van der Waals surface area (Å²) in [5.74, 6) is -0.867.